The van der Waals surface area contributed by atoms with Crippen molar-refractivity contribution in [2.24, 2.45) is 7.05 Å². The molecule has 0 aliphatic heterocycles. The fourth-order valence-electron chi connectivity index (χ4n) is 1.61. The highest BCUT2D eigenvalue weighted by molar-refractivity contribution is 7.90. The van der Waals surface area contributed by atoms with Gasteiger partial charge < -0.3 is 5.32 Å². The van der Waals surface area contributed by atoms with Crippen molar-refractivity contribution in [2.75, 3.05) is 11.6 Å². The molecular weight excluding hydrogens is 282 g/mol. The van der Waals surface area contributed by atoms with Gasteiger partial charge in [-0.3, -0.25) is 9.48 Å². The first-order valence-corrected chi connectivity index (χ1v) is 7.51. The number of rotatable bonds is 3. The number of hydrogen-bond acceptors (Lipinski definition) is 6. The van der Waals surface area contributed by atoms with Crippen molar-refractivity contribution in [2.45, 2.75) is 12.1 Å². The number of sulfone groups is 1. The van der Waals surface area contributed by atoms with Crippen LogP contribution in [0, 0.1) is 0 Å². The molecule has 2 heterocycles. The number of aromatic nitrogens is 4. The molecular formula is C11H13N5O3S. The average molecular weight is 295 g/mol. The van der Waals surface area contributed by atoms with Crippen LogP contribution in [-0.4, -0.2) is 40.3 Å². The SMILES string of the molecule is CC(=O)Nc1c(-c2ccnc(S(C)(=O)=O)n2)cnn1C. The van der Waals surface area contributed by atoms with Crippen LogP contribution in [0.25, 0.3) is 11.3 Å². The molecule has 20 heavy (non-hydrogen) atoms. The van der Waals surface area contributed by atoms with Crippen LogP contribution < -0.4 is 5.32 Å². The highest BCUT2D eigenvalue weighted by atomic mass is 32.2. The van der Waals surface area contributed by atoms with E-state index < -0.39 is 9.84 Å². The van der Waals surface area contributed by atoms with Gasteiger partial charge in [-0.25, -0.2) is 18.4 Å². The predicted octanol–water partition coefficient (Wildman–Crippen LogP) is 0.239. The van der Waals surface area contributed by atoms with Crippen LogP contribution in [0.15, 0.2) is 23.6 Å². The van der Waals surface area contributed by atoms with Crippen LogP contribution in [0.5, 0.6) is 0 Å². The third kappa shape index (κ3) is 2.82. The van der Waals surface area contributed by atoms with E-state index in [9.17, 15) is 13.2 Å². The van der Waals surface area contributed by atoms with Gasteiger partial charge in [-0.2, -0.15) is 5.10 Å². The zero-order chi connectivity index (χ0) is 14.9. The molecule has 0 radical (unpaired) electrons. The molecule has 0 aliphatic carbocycles. The standard InChI is InChI=1S/C11H13N5O3S/c1-7(17)14-10-8(6-13-16(10)2)9-4-5-12-11(15-9)20(3,18)19/h4-6H,1-3H3,(H,14,17). The van der Waals surface area contributed by atoms with Crippen molar-refractivity contribution in [1.29, 1.82) is 0 Å². The first kappa shape index (κ1) is 14.1. The number of anilines is 1. The van der Waals surface area contributed by atoms with E-state index in [4.69, 9.17) is 0 Å². The Morgan fingerprint density at radius 3 is 2.70 bits per heavy atom. The summed E-state index contributed by atoms with van der Waals surface area (Å²) >= 11 is 0. The molecule has 0 aromatic carbocycles. The lowest BCUT2D eigenvalue weighted by Crippen LogP contribution is -2.11. The van der Waals surface area contributed by atoms with Gasteiger partial charge in [0.2, 0.25) is 20.9 Å². The zero-order valence-electron chi connectivity index (χ0n) is 11.2. The maximum atomic E-state index is 11.5. The lowest BCUT2D eigenvalue weighted by molar-refractivity contribution is -0.114. The van der Waals surface area contributed by atoms with E-state index in [2.05, 4.69) is 20.4 Å². The molecule has 0 aliphatic rings. The monoisotopic (exact) mass is 295 g/mol. The van der Waals surface area contributed by atoms with Gasteiger partial charge >= 0.3 is 0 Å². The van der Waals surface area contributed by atoms with Crippen LogP contribution in [0.3, 0.4) is 0 Å². The predicted molar refractivity (Wildman–Crippen MR) is 71.6 cm³/mol. The highest BCUT2D eigenvalue weighted by Crippen LogP contribution is 2.25. The molecule has 0 atom stereocenters. The second kappa shape index (κ2) is 5.00. The fraction of sp³-hybridized carbons (Fsp3) is 0.273. The van der Waals surface area contributed by atoms with Crippen LogP contribution in [0.2, 0.25) is 0 Å². The van der Waals surface area contributed by atoms with Gasteiger partial charge in [0.1, 0.15) is 5.82 Å². The summed E-state index contributed by atoms with van der Waals surface area (Å²) in [5.41, 5.74) is 0.896. The second-order valence-corrected chi connectivity index (χ2v) is 6.12. The number of nitrogens with one attached hydrogen (secondary N) is 1. The number of aryl methyl sites for hydroxylation is 1. The molecule has 8 nitrogen and oxygen atoms in total. The van der Waals surface area contributed by atoms with Crippen molar-refractivity contribution in [3.8, 4) is 11.3 Å². The van der Waals surface area contributed by atoms with Crippen LogP contribution in [0.1, 0.15) is 6.92 Å². The molecule has 0 spiro atoms. The number of hydrogen-bond donors (Lipinski definition) is 1. The maximum Gasteiger partial charge on any atom is 0.247 e. The Kier molecular flexibility index (Phi) is 3.53. The molecule has 0 saturated carbocycles. The molecule has 1 N–H and O–H groups in total. The smallest absolute Gasteiger partial charge is 0.247 e. The average Bonchev–Trinajstić information content (AvgIpc) is 2.70. The van der Waals surface area contributed by atoms with E-state index >= 15 is 0 Å². The molecule has 9 heteroatoms. The lowest BCUT2D eigenvalue weighted by atomic mass is 10.2. The molecule has 2 aromatic heterocycles. The Labute approximate surface area is 115 Å². The molecule has 106 valence electrons. The largest absolute Gasteiger partial charge is 0.311 e. The van der Waals surface area contributed by atoms with Crippen LogP contribution in [-0.2, 0) is 21.7 Å². The number of nitrogens with zero attached hydrogens (tertiary/aromatic N) is 4. The van der Waals surface area contributed by atoms with E-state index in [-0.39, 0.29) is 11.1 Å². The van der Waals surface area contributed by atoms with Gasteiger partial charge in [0.25, 0.3) is 0 Å². The van der Waals surface area contributed by atoms with E-state index in [0.29, 0.717) is 17.1 Å². The number of amides is 1. The van der Waals surface area contributed by atoms with Crippen molar-refractivity contribution < 1.29 is 13.2 Å². The zero-order valence-corrected chi connectivity index (χ0v) is 12.0. The van der Waals surface area contributed by atoms with E-state index in [1.165, 1.54) is 24.0 Å². The van der Waals surface area contributed by atoms with Crippen LogP contribution in [0.4, 0.5) is 5.82 Å². The highest BCUT2D eigenvalue weighted by Gasteiger charge is 2.16. The van der Waals surface area contributed by atoms with Gasteiger partial charge in [0, 0.05) is 26.4 Å². The Morgan fingerprint density at radius 2 is 2.10 bits per heavy atom. The Bertz CT molecular complexity index is 766. The van der Waals surface area contributed by atoms with Crippen molar-refractivity contribution >= 4 is 21.6 Å². The van der Waals surface area contributed by atoms with Crippen molar-refractivity contribution in [3.05, 3.63) is 18.5 Å². The number of carbonyl (C=O) groups is 1. The summed E-state index contributed by atoms with van der Waals surface area (Å²) in [6, 6.07) is 1.55. The van der Waals surface area contributed by atoms with Gasteiger partial charge in [0.15, 0.2) is 0 Å². The molecule has 1 amide bonds. The number of carbonyl (C=O) groups excluding carboxylic acids is 1. The summed E-state index contributed by atoms with van der Waals surface area (Å²) in [5.74, 6) is 0.183. The first-order chi connectivity index (χ1) is 9.29. The minimum Gasteiger partial charge on any atom is -0.311 e. The summed E-state index contributed by atoms with van der Waals surface area (Å²) in [7, 11) is -1.84. The maximum absolute atomic E-state index is 11.5. The van der Waals surface area contributed by atoms with Crippen LogP contribution >= 0.6 is 0 Å². The van der Waals surface area contributed by atoms with Gasteiger partial charge in [-0.1, -0.05) is 0 Å². The minimum atomic E-state index is -3.50. The minimum absolute atomic E-state index is 0.257. The summed E-state index contributed by atoms with van der Waals surface area (Å²) in [4.78, 5) is 18.9. The Hall–Kier alpha value is -2.29. The van der Waals surface area contributed by atoms with Gasteiger partial charge in [-0.15, -0.1) is 0 Å². The molecule has 0 fully saturated rings. The van der Waals surface area contributed by atoms with E-state index in [1.54, 1.807) is 13.1 Å². The Balaban J connectivity index is 2.55. The van der Waals surface area contributed by atoms with Gasteiger partial charge in [0.05, 0.1) is 17.5 Å². The third-order valence-corrected chi connectivity index (χ3v) is 3.33. The summed E-state index contributed by atoms with van der Waals surface area (Å²) in [6.45, 7) is 1.37. The molecule has 2 rings (SSSR count). The summed E-state index contributed by atoms with van der Waals surface area (Å²) < 4.78 is 24.4. The molecule has 0 saturated heterocycles. The quantitative estimate of drug-likeness (QED) is 0.813. The molecule has 0 bridgehead atoms. The molecule has 2 aromatic rings. The first-order valence-electron chi connectivity index (χ1n) is 5.62. The normalized spacial score (nSPS) is 11.3. The third-order valence-electron chi connectivity index (χ3n) is 2.47. The summed E-state index contributed by atoms with van der Waals surface area (Å²) in [6.07, 6.45) is 3.88. The van der Waals surface area contributed by atoms with Crippen molar-refractivity contribution in [3.63, 3.8) is 0 Å². The Morgan fingerprint density at radius 1 is 1.40 bits per heavy atom. The topological polar surface area (TPSA) is 107 Å². The second-order valence-electron chi connectivity index (χ2n) is 4.21. The lowest BCUT2D eigenvalue weighted by Gasteiger charge is -2.06. The van der Waals surface area contributed by atoms with E-state index in [0.717, 1.165) is 6.26 Å². The fourth-order valence-corrected chi connectivity index (χ4v) is 2.13. The van der Waals surface area contributed by atoms with Crippen molar-refractivity contribution in [1.82, 2.24) is 19.7 Å². The van der Waals surface area contributed by atoms with E-state index in [1.807, 2.05) is 0 Å². The van der Waals surface area contributed by atoms with Gasteiger partial charge in [-0.05, 0) is 6.07 Å². The molecule has 0 unspecified atom stereocenters. The summed E-state index contributed by atoms with van der Waals surface area (Å²) in [5, 5.41) is 6.39.